The lowest BCUT2D eigenvalue weighted by atomic mass is 9.94. The van der Waals surface area contributed by atoms with Crippen LogP contribution in [-0.4, -0.2) is 55.9 Å². The maximum Gasteiger partial charge on any atom is 0.222 e. The van der Waals surface area contributed by atoms with Gasteiger partial charge in [0.1, 0.15) is 0 Å². The molecule has 0 spiro atoms. The first-order valence-corrected chi connectivity index (χ1v) is 6.51. The van der Waals surface area contributed by atoms with Gasteiger partial charge in [0.05, 0.1) is 12.7 Å². The van der Waals surface area contributed by atoms with Crippen molar-refractivity contribution < 1.29 is 14.6 Å². The van der Waals surface area contributed by atoms with Gasteiger partial charge in [-0.15, -0.1) is 0 Å². The van der Waals surface area contributed by atoms with Gasteiger partial charge in [0.2, 0.25) is 5.91 Å². The normalized spacial score (nSPS) is 14.6. The number of nitrogens with zero attached hydrogens (tertiary/aromatic N) is 1. The van der Waals surface area contributed by atoms with E-state index in [-0.39, 0.29) is 18.4 Å². The number of ether oxygens (including phenoxy) is 1. The van der Waals surface area contributed by atoms with Crippen molar-refractivity contribution in [2.75, 3.05) is 33.9 Å². The maximum atomic E-state index is 12.0. The van der Waals surface area contributed by atoms with E-state index in [0.717, 1.165) is 6.42 Å². The fourth-order valence-corrected chi connectivity index (χ4v) is 2.00. The van der Waals surface area contributed by atoms with Crippen molar-refractivity contribution in [3.8, 4) is 0 Å². The highest BCUT2D eigenvalue weighted by atomic mass is 16.5. The van der Waals surface area contributed by atoms with E-state index in [9.17, 15) is 9.90 Å². The van der Waals surface area contributed by atoms with Crippen LogP contribution in [0.25, 0.3) is 0 Å². The summed E-state index contributed by atoms with van der Waals surface area (Å²) < 4.78 is 4.83. The summed E-state index contributed by atoms with van der Waals surface area (Å²) in [6, 6.07) is 0. The molecule has 0 fully saturated rings. The molecule has 1 amide bonds. The van der Waals surface area contributed by atoms with E-state index in [1.807, 2.05) is 0 Å². The largest absolute Gasteiger partial charge is 0.389 e. The number of carbonyl (C=O) groups excluding carboxylic acids is 1. The highest BCUT2D eigenvalue weighted by Crippen LogP contribution is 2.15. The molecule has 0 aliphatic carbocycles. The molecule has 108 valence electrons. The Morgan fingerprint density at radius 3 is 2.50 bits per heavy atom. The third kappa shape index (κ3) is 7.63. The smallest absolute Gasteiger partial charge is 0.222 e. The Hall–Kier alpha value is -0.650. The van der Waals surface area contributed by atoms with Crippen LogP contribution in [-0.2, 0) is 9.53 Å². The Bertz CT molecular complexity index is 234. The predicted octanol–water partition coefficient (Wildman–Crippen LogP) is 0.463. The zero-order valence-corrected chi connectivity index (χ0v) is 12.1. The Morgan fingerprint density at radius 1 is 1.44 bits per heavy atom. The van der Waals surface area contributed by atoms with Gasteiger partial charge in [-0.25, -0.2) is 0 Å². The standard InChI is InChI=1S/C13H28N2O3/c1-10(2)5-11(7-14)6-13(17)15(3)8-12(16)9-18-4/h10-12,16H,5-9,14H2,1-4H3. The summed E-state index contributed by atoms with van der Waals surface area (Å²) in [5, 5.41) is 9.56. The molecule has 18 heavy (non-hydrogen) atoms. The summed E-state index contributed by atoms with van der Waals surface area (Å²) in [5.74, 6) is 0.788. The van der Waals surface area contributed by atoms with E-state index in [2.05, 4.69) is 13.8 Å². The summed E-state index contributed by atoms with van der Waals surface area (Å²) in [6.07, 6.45) is 0.770. The van der Waals surface area contributed by atoms with Crippen LogP contribution in [0.3, 0.4) is 0 Å². The molecule has 0 rings (SSSR count). The van der Waals surface area contributed by atoms with Gasteiger partial charge in [-0.2, -0.15) is 0 Å². The molecule has 0 heterocycles. The second-order valence-corrected chi connectivity index (χ2v) is 5.32. The minimum absolute atomic E-state index is 0.0289. The molecule has 5 nitrogen and oxygen atoms in total. The number of rotatable bonds is 9. The van der Waals surface area contributed by atoms with Crippen molar-refractivity contribution >= 4 is 5.91 Å². The third-order valence-corrected chi connectivity index (χ3v) is 2.87. The van der Waals surface area contributed by atoms with Crippen LogP contribution in [0.4, 0.5) is 0 Å². The van der Waals surface area contributed by atoms with E-state index < -0.39 is 6.10 Å². The summed E-state index contributed by atoms with van der Waals surface area (Å²) in [7, 11) is 3.22. The zero-order valence-electron chi connectivity index (χ0n) is 12.1. The molecule has 0 aliphatic rings. The van der Waals surface area contributed by atoms with Crippen LogP contribution >= 0.6 is 0 Å². The average Bonchev–Trinajstić information content (AvgIpc) is 2.27. The number of hydrogen-bond donors (Lipinski definition) is 2. The minimum atomic E-state index is -0.634. The van der Waals surface area contributed by atoms with Crippen molar-refractivity contribution in [3.05, 3.63) is 0 Å². The highest BCUT2D eigenvalue weighted by Gasteiger charge is 2.18. The number of hydrogen-bond acceptors (Lipinski definition) is 4. The Morgan fingerprint density at radius 2 is 2.06 bits per heavy atom. The number of aliphatic hydroxyl groups is 1. The van der Waals surface area contributed by atoms with Crippen LogP contribution in [0.5, 0.6) is 0 Å². The molecule has 0 saturated carbocycles. The van der Waals surface area contributed by atoms with Crippen molar-refractivity contribution in [1.29, 1.82) is 0 Å². The molecule has 2 unspecified atom stereocenters. The minimum Gasteiger partial charge on any atom is -0.389 e. The fraction of sp³-hybridized carbons (Fsp3) is 0.923. The van der Waals surface area contributed by atoms with Crippen molar-refractivity contribution in [3.63, 3.8) is 0 Å². The van der Waals surface area contributed by atoms with E-state index in [4.69, 9.17) is 10.5 Å². The molecular weight excluding hydrogens is 232 g/mol. The van der Waals surface area contributed by atoms with E-state index >= 15 is 0 Å². The molecule has 5 heteroatoms. The highest BCUT2D eigenvalue weighted by molar-refractivity contribution is 5.76. The molecule has 2 atom stereocenters. The molecule has 0 aromatic heterocycles. The SMILES string of the molecule is COCC(O)CN(C)C(=O)CC(CN)CC(C)C. The van der Waals surface area contributed by atoms with Crippen LogP contribution in [0, 0.1) is 11.8 Å². The third-order valence-electron chi connectivity index (χ3n) is 2.87. The Labute approximate surface area is 110 Å². The molecule has 3 N–H and O–H groups in total. The van der Waals surface area contributed by atoms with E-state index in [1.165, 1.54) is 7.11 Å². The predicted molar refractivity (Wildman–Crippen MR) is 72.1 cm³/mol. The Kier molecular flexibility index (Phi) is 8.97. The molecule has 0 saturated heterocycles. The van der Waals surface area contributed by atoms with Gasteiger partial charge in [0, 0.05) is 27.1 Å². The van der Waals surface area contributed by atoms with Gasteiger partial charge >= 0.3 is 0 Å². The number of amides is 1. The van der Waals surface area contributed by atoms with Gasteiger partial charge in [-0.3, -0.25) is 4.79 Å². The van der Waals surface area contributed by atoms with Crippen LogP contribution in [0.2, 0.25) is 0 Å². The summed E-state index contributed by atoms with van der Waals surface area (Å²) >= 11 is 0. The number of likely N-dealkylation sites (N-methyl/N-ethyl adjacent to an activating group) is 1. The number of aliphatic hydroxyl groups excluding tert-OH is 1. The number of carbonyl (C=O) groups is 1. The number of methoxy groups -OCH3 is 1. The van der Waals surface area contributed by atoms with Crippen LogP contribution in [0.1, 0.15) is 26.7 Å². The first kappa shape index (κ1) is 17.4. The van der Waals surface area contributed by atoms with Crippen molar-refractivity contribution in [2.45, 2.75) is 32.8 Å². The molecule has 0 radical (unpaired) electrons. The monoisotopic (exact) mass is 260 g/mol. The quantitative estimate of drug-likeness (QED) is 0.631. The second-order valence-electron chi connectivity index (χ2n) is 5.32. The fourth-order valence-electron chi connectivity index (χ4n) is 2.00. The maximum absolute atomic E-state index is 12.0. The first-order valence-electron chi connectivity index (χ1n) is 6.51. The van der Waals surface area contributed by atoms with Gasteiger partial charge in [-0.05, 0) is 24.8 Å². The second kappa shape index (κ2) is 9.30. The molecular formula is C13H28N2O3. The first-order chi connectivity index (χ1) is 8.40. The van der Waals surface area contributed by atoms with Crippen LogP contribution in [0.15, 0.2) is 0 Å². The molecule has 0 aliphatic heterocycles. The van der Waals surface area contributed by atoms with Crippen LogP contribution < -0.4 is 5.73 Å². The van der Waals surface area contributed by atoms with Crippen molar-refractivity contribution in [2.24, 2.45) is 17.6 Å². The van der Waals surface area contributed by atoms with Gasteiger partial charge < -0.3 is 20.5 Å². The lowest BCUT2D eigenvalue weighted by molar-refractivity contribution is -0.132. The lowest BCUT2D eigenvalue weighted by Gasteiger charge is -2.23. The summed E-state index contributed by atoms with van der Waals surface area (Å²) in [4.78, 5) is 13.5. The molecule has 0 bridgehead atoms. The van der Waals surface area contributed by atoms with Gasteiger partial charge in [0.25, 0.3) is 0 Å². The number of nitrogens with two attached hydrogens (primary N) is 1. The summed E-state index contributed by atoms with van der Waals surface area (Å²) in [6.45, 7) is 5.31. The topological polar surface area (TPSA) is 75.8 Å². The van der Waals surface area contributed by atoms with E-state index in [1.54, 1.807) is 11.9 Å². The molecule has 0 aromatic carbocycles. The average molecular weight is 260 g/mol. The lowest BCUT2D eigenvalue weighted by Crippen LogP contribution is -2.37. The Balaban J connectivity index is 4.12. The van der Waals surface area contributed by atoms with Crippen molar-refractivity contribution in [1.82, 2.24) is 4.90 Å². The van der Waals surface area contributed by atoms with E-state index in [0.29, 0.717) is 25.4 Å². The zero-order chi connectivity index (χ0) is 14.1. The molecule has 0 aromatic rings. The summed E-state index contributed by atoms with van der Waals surface area (Å²) in [5.41, 5.74) is 5.68. The van der Waals surface area contributed by atoms with Gasteiger partial charge in [-0.1, -0.05) is 13.8 Å². The van der Waals surface area contributed by atoms with Gasteiger partial charge in [0.15, 0.2) is 0 Å².